The molecule has 0 aromatic carbocycles. The second-order valence-electron chi connectivity index (χ2n) is 4.53. The summed E-state index contributed by atoms with van der Waals surface area (Å²) in [6.45, 7) is 4.98. The van der Waals surface area contributed by atoms with Gasteiger partial charge in [0.15, 0.2) is 0 Å². The molecule has 0 aromatic rings. The van der Waals surface area contributed by atoms with Gasteiger partial charge in [-0.05, 0) is 13.3 Å². The van der Waals surface area contributed by atoms with Crippen LogP contribution in [0.2, 0.25) is 0 Å². The summed E-state index contributed by atoms with van der Waals surface area (Å²) in [5, 5.41) is 2.83. The largest absolute Gasteiger partial charge is 0.356 e. The van der Waals surface area contributed by atoms with Crippen molar-refractivity contribution in [2.24, 2.45) is 0 Å². The van der Waals surface area contributed by atoms with Crippen molar-refractivity contribution in [2.45, 2.75) is 78.1 Å². The Morgan fingerprint density at radius 3 is 1.81 bits per heavy atom. The minimum absolute atomic E-state index is 0.213. The van der Waals surface area contributed by atoms with E-state index in [1.54, 1.807) is 0 Å². The quantitative estimate of drug-likeness (QED) is 0.530. The Hall–Kier alpha value is -0.530. The van der Waals surface area contributed by atoms with E-state index in [0.29, 0.717) is 6.42 Å². The summed E-state index contributed by atoms with van der Waals surface area (Å²) in [6, 6.07) is 0. The first-order chi connectivity index (χ1) is 7.81. The highest BCUT2D eigenvalue weighted by atomic mass is 16.1. The normalized spacial score (nSPS) is 10.4. The molecule has 16 heavy (non-hydrogen) atoms. The first kappa shape index (κ1) is 15.5. The molecule has 0 atom stereocenters. The van der Waals surface area contributed by atoms with Gasteiger partial charge in [-0.2, -0.15) is 0 Å². The molecular weight excluding hydrogens is 198 g/mol. The molecule has 96 valence electrons. The van der Waals surface area contributed by atoms with Crippen LogP contribution in [0.25, 0.3) is 0 Å². The van der Waals surface area contributed by atoms with Gasteiger partial charge >= 0.3 is 0 Å². The van der Waals surface area contributed by atoms with Gasteiger partial charge in [0, 0.05) is 13.0 Å². The highest BCUT2D eigenvalue weighted by molar-refractivity contribution is 5.75. The zero-order valence-electron chi connectivity index (χ0n) is 11.2. The first-order valence-corrected chi connectivity index (χ1v) is 7.08. The second kappa shape index (κ2) is 12.5. The number of amides is 1. The number of rotatable bonds is 11. The zero-order valence-corrected chi connectivity index (χ0v) is 11.2. The summed E-state index contributed by atoms with van der Waals surface area (Å²) in [6.07, 6.45) is 12.5. The van der Waals surface area contributed by atoms with E-state index < -0.39 is 0 Å². The number of carbonyl (C=O) groups excluding carboxylic acids is 1. The van der Waals surface area contributed by atoms with E-state index >= 15 is 0 Å². The first-order valence-electron chi connectivity index (χ1n) is 7.08. The SMILES string of the molecule is CCCCCCCCCCCC(=O)NCC. The van der Waals surface area contributed by atoms with Gasteiger partial charge in [0.05, 0.1) is 0 Å². The Morgan fingerprint density at radius 2 is 1.31 bits per heavy atom. The Bertz CT molecular complexity index is 157. The van der Waals surface area contributed by atoms with Crippen LogP contribution >= 0.6 is 0 Å². The van der Waals surface area contributed by atoms with Gasteiger partial charge in [-0.25, -0.2) is 0 Å². The van der Waals surface area contributed by atoms with Crippen molar-refractivity contribution in [1.29, 1.82) is 0 Å². The van der Waals surface area contributed by atoms with Gasteiger partial charge in [-0.15, -0.1) is 0 Å². The lowest BCUT2D eigenvalue weighted by molar-refractivity contribution is -0.121. The van der Waals surface area contributed by atoms with E-state index in [1.165, 1.54) is 51.4 Å². The van der Waals surface area contributed by atoms with Gasteiger partial charge in [0.2, 0.25) is 5.91 Å². The Morgan fingerprint density at radius 1 is 0.812 bits per heavy atom. The van der Waals surface area contributed by atoms with Crippen LogP contribution in [0, 0.1) is 0 Å². The van der Waals surface area contributed by atoms with Gasteiger partial charge in [-0.3, -0.25) is 4.79 Å². The summed E-state index contributed by atoms with van der Waals surface area (Å²) in [5.41, 5.74) is 0. The number of unbranched alkanes of at least 4 members (excludes halogenated alkanes) is 8. The van der Waals surface area contributed by atoms with Crippen LogP contribution in [-0.4, -0.2) is 12.5 Å². The molecule has 0 rings (SSSR count). The number of carbonyl (C=O) groups is 1. The zero-order chi connectivity index (χ0) is 12.1. The maximum atomic E-state index is 11.1. The van der Waals surface area contributed by atoms with Crippen molar-refractivity contribution >= 4 is 5.91 Å². The summed E-state index contributed by atoms with van der Waals surface area (Å²) < 4.78 is 0. The minimum Gasteiger partial charge on any atom is -0.356 e. The molecule has 0 spiro atoms. The predicted molar refractivity (Wildman–Crippen MR) is 70.5 cm³/mol. The fourth-order valence-electron chi connectivity index (χ4n) is 1.88. The monoisotopic (exact) mass is 227 g/mol. The smallest absolute Gasteiger partial charge is 0.219 e. The van der Waals surface area contributed by atoms with Crippen LogP contribution in [0.4, 0.5) is 0 Å². The second-order valence-corrected chi connectivity index (χ2v) is 4.53. The van der Waals surface area contributed by atoms with Crippen LogP contribution < -0.4 is 5.32 Å². The molecule has 1 N–H and O–H groups in total. The van der Waals surface area contributed by atoms with Crippen molar-refractivity contribution in [2.75, 3.05) is 6.54 Å². The van der Waals surface area contributed by atoms with Crippen molar-refractivity contribution in [3.8, 4) is 0 Å². The topological polar surface area (TPSA) is 29.1 Å². The number of hydrogen-bond acceptors (Lipinski definition) is 1. The van der Waals surface area contributed by atoms with Crippen LogP contribution in [0.3, 0.4) is 0 Å². The van der Waals surface area contributed by atoms with E-state index in [4.69, 9.17) is 0 Å². The lowest BCUT2D eigenvalue weighted by Crippen LogP contribution is -2.21. The molecule has 0 saturated carbocycles. The predicted octanol–water partition coefficient (Wildman–Crippen LogP) is 4.04. The van der Waals surface area contributed by atoms with Gasteiger partial charge in [0.25, 0.3) is 0 Å². The standard InChI is InChI=1S/C14H29NO/c1-3-5-6-7-8-9-10-11-12-13-14(16)15-4-2/h3-13H2,1-2H3,(H,15,16). The third kappa shape index (κ3) is 11.5. The van der Waals surface area contributed by atoms with Crippen LogP contribution in [0.5, 0.6) is 0 Å². The third-order valence-electron chi connectivity index (χ3n) is 2.88. The van der Waals surface area contributed by atoms with Crippen molar-refractivity contribution in [1.82, 2.24) is 5.32 Å². The average Bonchev–Trinajstić information content (AvgIpc) is 2.27. The molecule has 0 saturated heterocycles. The molecule has 0 fully saturated rings. The van der Waals surface area contributed by atoms with Crippen molar-refractivity contribution in [3.63, 3.8) is 0 Å². The molecule has 0 unspecified atom stereocenters. The fourth-order valence-corrected chi connectivity index (χ4v) is 1.88. The molecule has 0 aliphatic rings. The summed E-state index contributed by atoms with van der Waals surface area (Å²) >= 11 is 0. The molecule has 1 amide bonds. The molecule has 0 aliphatic heterocycles. The summed E-state index contributed by atoms with van der Waals surface area (Å²) in [4.78, 5) is 11.1. The maximum Gasteiger partial charge on any atom is 0.219 e. The van der Waals surface area contributed by atoms with E-state index in [0.717, 1.165) is 13.0 Å². The lowest BCUT2D eigenvalue weighted by Gasteiger charge is -2.02. The van der Waals surface area contributed by atoms with E-state index in [2.05, 4.69) is 12.2 Å². The minimum atomic E-state index is 0.213. The van der Waals surface area contributed by atoms with Crippen molar-refractivity contribution in [3.05, 3.63) is 0 Å². The lowest BCUT2D eigenvalue weighted by atomic mass is 10.1. The highest BCUT2D eigenvalue weighted by Crippen LogP contribution is 2.10. The number of nitrogens with one attached hydrogen (secondary N) is 1. The molecule has 0 heterocycles. The Labute approximate surface area is 101 Å². The van der Waals surface area contributed by atoms with Gasteiger partial charge in [0.1, 0.15) is 0 Å². The summed E-state index contributed by atoms with van der Waals surface area (Å²) in [7, 11) is 0. The molecule has 0 aromatic heterocycles. The third-order valence-corrected chi connectivity index (χ3v) is 2.88. The molecule has 0 bridgehead atoms. The molecular formula is C14H29NO. The molecule has 0 aliphatic carbocycles. The molecule has 0 radical (unpaired) electrons. The molecule has 2 nitrogen and oxygen atoms in total. The van der Waals surface area contributed by atoms with Crippen molar-refractivity contribution < 1.29 is 4.79 Å². The van der Waals surface area contributed by atoms with E-state index in [1.807, 2.05) is 6.92 Å². The summed E-state index contributed by atoms with van der Waals surface area (Å²) in [5.74, 6) is 0.213. The maximum absolute atomic E-state index is 11.1. The Balaban J connectivity index is 3.01. The van der Waals surface area contributed by atoms with Gasteiger partial charge < -0.3 is 5.32 Å². The highest BCUT2D eigenvalue weighted by Gasteiger charge is 1.98. The molecule has 2 heteroatoms. The Kier molecular flexibility index (Phi) is 12.1. The number of hydrogen-bond donors (Lipinski definition) is 1. The van der Waals surface area contributed by atoms with Crippen LogP contribution in [-0.2, 0) is 4.79 Å². The van der Waals surface area contributed by atoms with E-state index in [-0.39, 0.29) is 5.91 Å². The van der Waals surface area contributed by atoms with Crippen LogP contribution in [0.15, 0.2) is 0 Å². The van der Waals surface area contributed by atoms with Crippen LogP contribution in [0.1, 0.15) is 78.1 Å². The van der Waals surface area contributed by atoms with Gasteiger partial charge in [-0.1, -0.05) is 58.3 Å². The average molecular weight is 227 g/mol. The van der Waals surface area contributed by atoms with E-state index in [9.17, 15) is 4.79 Å². The fraction of sp³-hybridized carbons (Fsp3) is 0.929.